The molecule has 0 saturated heterocycles. The first kappa shape index (κ1) is 13.7. The number of hydroxylamine groups is 1. The van der Waals surface area contributed by atoms with Gasteiger partial charge in [0.15, 0.2) is 5.76 Å². The topological polar surface area (TPSA) is 54.7 Å². The molecule has 0 unspecified atom stereocenters. The summed E-state index contributed by atoms with van der Waals surface area (Å²) in [5.74, 6) is 0.716. The summed E-state index contributed by atoms with van der Waals surface area (Å²) in [6.45, 7) is 9.04. The van der Waals surface area contributed by atoms with Crippen molar-refractivity contribution in [2.45, 2.75) is 27.3 Å². The van der Waals surface area contributed by atoms with Gasteiger partial charge >= 0.3 is 5.91 Å². The monoisotopic (exact) mass is 240 g/mol. The van der Waals surface area contributed by atoms with Crippen LogP contribution in [0.3, 0.4) is 0 Å². The first-order valence-corrected chi connectivity index (χ1v) is 5.94. The normalized spacial score (nSPS) is 10.8. The molecule has 0 fully saturated rings. The van der Waals surface area contributed by atoms with Crippen LogP contribution in [0.1, 0.15) is 37.1 Å². The molecule has 1 rings (SSSR count). The number of nitrogens with zero attached hydrogens (tertiary/aromatic N) is 1. The van der Waals surface area contributed by atoms with Crippen LogP contribution in [0.15, 0.2) is 16.5 Å². The van der Waals surface area contributed by atoms with Crippen LogP contribution in [0.4, 0.5) is 0 Å². The molecule has 0 atom stereocenters. The first-order valence-electron chi connectivity index (χ1n) is 5.94. The number of rotatable bonds is 7. The molecule has 1 aromatic rings. The predicted molar refractivity (Wildman–Crippen MR) is 64.4 cm³/mol. The van der Waals surface area contributed by atoms with Crippen molar-refractivity contribution < 1.29 is 14.0 Å². The van der Waals surface area contributed by atoms with E-state index in [9.17, 15) is 4.79 Å². The molecule has 0 radical (unpaired) electrons. The van der Waals surface area contributed by atoms with E-state index in [0.717, 1.165) is 25.4 Å². The summed E-state index contributed by atoms with van der Waals surface area (Å²) in [5.41, 5.74) is 2.30. The van der Waals surface area contributed by atoms with Gasteiger partial charge in [-0.25, -0.2) is 5.48 Å². The molecule has 0 aliphatic rings. The number of amides is 1. The molecule has 1 N–H and O–H groups in total. The van der Waals surface area contributed by atoms with Crippen LogP contribution in [0.5, 0.6) is 0 Å². The van der Waals surface area contributed by atoms with E-state index in [-0.39, 0.29) is 11.7 Å². The molecule has 0 aliphatic carbocycles. The van der Waals surface area contributed by atoms with Gasteiger partial charge in [0.2, 0.25) is 0 Å². The van der Waals surface area contributed by atoms with Gasteiger partial charge < -0.3 is 4.42 Å². The molecule has 1 aromatic heterocycles. The van der Waals surface area contributed by atoms with Gasteiger partial charge in [-0.3, -0.25) is 14.5 Å². The molecule has 17 heavy (non-hydrogen) atoms. The maximum Gasteiger partial charge on any atom is 0.310 e. The summed E-state index contributed by atoms with van der Waals surface area (Å²) in [6.07, 6.45) is 0. The third-order valence-electron chi connectivity index (χ3n) is 2.47. The summed E-state index contributed by atoms with van der Waals surface area (Å²) < 4.78 is 5.44. The van der Waals surface area contributed by atoms with Crippen LogP contribution >= 0.6 is 0 Å². The van der Waals surface area contributed by atoms with Crippen LogP contribution in [0.2, 0.25) is 0 Å². The van der Waals surface area contributed by atoms with Gasteiger partial charge in [-0.05, 0) is 32.1 Å². The van der Waals surface area contributed by atoms with Crippen molar-refractivity contribution in [2.24, 2.45) is 0 Å². The Labute approximate surface area is 102 Å². The molecule has 0 aromatic carbocycles. The van der Waals surface area contributed by atoms with Crippen molar-refractivity contribution in [3.63, 3.8) is 0 Å². The van der Waals surface area contributed by atoms with Crippen LogP contribution < -0.4 is 5.48 Å². The number of carbonyl (C=O) groups is 1. The van der Waals surface area contributed by atoms with Crippen molar-refractivity contribution in [3.05, 3.63) is 23.7 Å². The molecule has 0 saturated carbocycles. The van der Waals surface area contributed by atoms with Crippen LogP contribution in [-0.4, -0.2) is 30.5 Å². The smallest absolute Gasteiger partial charge is 0.310 e. The van der Waals surface area contributed by atoms with E-state index in [4.69, 9.17) is 9.25 Å². The van der Waals surface area contributed by atoms with E-state index < -0.39 is 0 Å². The van der Waals surface area contributed by atoms with E-state index in [2.05, 4.69) is 24.2 Å². The summed E-state index contributed by atoms with van der Waals surface area (Å²) in [7, 11) is 0. The highest BCUT2D eigenvalue weighted by Crippen LogP contribution is 2.10. The van der Waals surface area contributed by atoms with E-state index in [1.54, 1.807) is 13.0 Å². The fourth-order valence-corrected chi connectivity index (χ4v) is 1.44. The lowest BCUT2D eigenvalue weighted by molar-refractivity contribution is 0.0338. The second-order valence-corrected chi connectivity index (χ2v) is 3.59. The zero-order valence-electron chi connectivity index (χ0n) is 10.7. The molecule has 5 nitrogen and oxygen atoms in total. The van der Waals surface area contributed by atoms with Crippen molar-refractivity contribution in [1.29, 1.82) is 0 Å². The lowest BCUT2D eigenvalue weighted by Crippen LogP contribution is -2.23. The van der Waals surface area contributed by atoms with Gasteiger partial charge in [-0.2, -0.15) is 0 Å². The maximum absolute atomic E-state index is 11.5. The lowest BCUT2D eigenvalue weighted by atomic mass is 10.4. The van der Waals surface area contributed by atoms with Crippen molar-refractivity contribution in [3.8, 4) is 0 Å². The second kappa shape index (κ2) is 7.09. The molecule has 0 aliphatic heterocycles. The maximum atomic E-state index is 11.5. The van der Waals surface area contributed by atoms with Gasteiger partial charge in [-0.1, -0.05) is 13.8 Å². The Morgan fingerprint density at radius 2 is 2.06 bits per heavy atom. The molecule has 1 heterocycles. The summed E-state index contributed by atoms with van der Waals surface area (Å²) in [6, 6.07) is 3.48. The molecular formula is C12H20N2O3. The molecule has 0 bridgehead atoms. The van der Waals surface area contributed by atoms with Gasteiger partial charge in [0, 0.05) is 0 Å². The lowest BCUT2D eigenvalue weighted by Gasteiger charge is -2.15. The van der Waals surface area contributed by atoms with Crippen molar-refractivity contribution in [2.75, 3.05) is 19.7 Å². The average molecular weight is 240 g/mol. The van der Waals surface area contributed by atoms with Gasteiger partial charge in [-0.15, -0.1) is 0 Å². The van der Waals surface area contributed by atoms with Crippen LogP contribution in [-0.2, 0) is 11.4 Å². The Bertz CT molecular complexity index is 345. The Kier molecular flexibility index (Phi) is 5.72. The van der Waals surface area contributed by atoms with E-state index in [0.29, 0.717) is 6.61 Å². The Morgan fingerprint density at radius 1 is 1.35 bits per heavy atom. The third kappa shape index (κ3) is 4.20. The highest BCUT2D eigenvalue weighted by molar-refractivity contribution is 5.90. The minimum absolute atomic E-state index is 0.278. The Balaban J connectivity index is 2.55. The first-order chi connectivity index (χ1) is 8.21. The van der Waals surface area contributed by atoms with Gasteiger partial charge in [0.05, 0.1) is 13.2 Å². The largest absolute Gasteiger partial charge is 0.454 e. The highest BCUT2D eigenvalue weighted by atomic mass is 16.7. The SMILES string of the molecule is CCONC(=O)c1ccc(CN(CC)CC)o1. The van der Waals surface area contributed by atoms with E-state index >= 15 is 0 Å². The second-order valence-electron chi connectivity index (χ2n) is 3.59. The number of hydrogen-bond donors (Lipinski definition) is 1. The molecule has 0 spiro atoms. The molecule has 1 amide bonds. The summed E-state index contributed by atoms with van der Waals surface area (Å²) in [5, 5.41) is 0. The van der Waals surface area contributed by atoms with Crippen LogP contribution in [0, 0.1) is 0 Å². The Hall–Kier alpha value is -1.33. The Morgan fingerprint density at radius 3 is 2.65 bits per heavy atom. The summed E-state index contributed by atoms with van der Waals surface area (Å²) >= 11 is 0. The van der Waals surface area contributed by atoms with Gasteiger partial charge in [0.25, 0.3) is 0 Å². The zero-order chi connectivity index (χ0) is 12.7. The van der Waals surface area contributed by atoms with E-state index in [1.807, 2.05) is 6.07 Å². The van der Waals surface area contributed by atoms with Gasteiger partial charge in [0.1, 0.15) is 5.76 Å². The average Bonchev–Trinajstić information content (AvgIpc) is 2.81. The number of hydrogen-bond acceptors (Lipinski definition) is 4. The number of carbonyl (C=O) groups excluding carboxylic acids is 1. The van der Waals surface area contributed by atoms with E-state index in [1.165, 1.54) is 0 Å². The molecule has 96 valence electrons. The zero-order valence-corrected chi connectivity index (χ0v) is 10.7. The molecular weight excluding hydrogens is 220 g/mol. The predicted octanol–water partition coefficient (Wildman–Crippen LogP) is 1.80. The highest BCUT2D eigenvalue weighted by Gasteiger charge is 2.12. The van der Waals surface area contributed by atoms with Crippen LogP contribution in [0.25, 0.3) is 0 Å². The minimum Gasteiger partial charge on any atom is -0.454 e. The number of furan rings is 1. The minimum atomic E-state index is -0.349. The fraction of sp³-hybridized carbons (Fsp3) is 0.583. The standard InChI is InChI=1S/C12H20N2O3/c1-4-14(5-2)9-10-7-8-11(17-10)12(15)13-16-6-3/h7-8H,4-6,9H2,1-3H3,(H,13,15). The number of nitrogens with one attached hydrogen (secondary N) is 1. The third-order valence-corrected chi connectivity index (χ3v) is 2.47. The fourth-order valence-electron chi connectivity index (χ4n) is 1.44. The van der Waals surface area contributed by atoms with Crippen molar-refractivity contribution in [1.82, 2.24) is 10.4 Å². The summed E-state index contributed by atoms with van der Waals surface area (Å²) in [4.78, 5) is 18.5. The van der Waals surface area contributed by atoms with Crippen molar-refractivity contribution >= 4 is 5.91 Å². The quantitative estimate of drug-likeness (QED) is 0.738. The molecule has 5 heteroatoms.